The normalized spacial score (nSPS) is 15.5. The molecule has 0 saturated heterocycles. The molecule has 1 aromatic carbocycles. The van der Waals surface area contributed by atoms with Crippen LogP contribution >= 0.6 is 11.3 Å². The Bertz CT molecular complexity index is 876. The number of para-hydroxylation sites is 1. The molecule has 0 bridgehead atoms. The van der Waals surface area contributed by atoms with Gasteiger partial charge in [0.1, 0.15) is 5.00 Å². The molecule has 0 saturated carbocycles. The molecule has 0 spiro atoms. The largest absolute Gasteiger partial charge is 0.481 e. The molecule has 0 aliphatic heterocycles. The molecule has 0 unspecified atom stereocenters. The van der Waals surface area contributed by atoms with E-state index >= 15 is 0 Å². The first-order valence-corrected chi connectivity index (χ1v) is 10.3. The number of hydrogen-bond donors (Lipinski definition) is 3. The van der Waals surface area contributed by atoms with Gasteiger partial charge in [-0.2, -0.15) is 0 Å². The summed E-state index contributed by atoms with van der Waals surface area (Å²) in [5.41, 5.74) is 2.27. The number of carboxylic acid groups (broad SMARTS) is 1. The molecule has 3 rings (SSSR count). The predicted molar refractivity (Wildman–Crippen MR) is 110 cm³/mol. The first-order valence-electron chi connectivity index (χ1n) is 9.46. The minimum absolute atomic E-state index is 0.0484. The molecule has 0 radical (unpaired) electrons. The van der Waals surface area contributed by atoms with Gasteiger partial charge in [-0.15, -0.1) is 11.3 Å². The van der Waals surface area contributed by atoms with Crippen molar-refractivity contribution in [1.82, 2.24) is 0 Å². The topological polar surface area (TPSA) is 95.5 Å². The quantitative estimate of drug-likeness (QED) is 0.645. The van der Waals surface area contributed by atoms with E-state index in [0.717, 1.165) is 29.7 Å². The number of anilines is 2. The maximum absolute atomic E-state index is 13.0. The number of carboxylic acids is 1. The summed E-state index contributed by atoms with van der Waals surface area (Å²) in [5, 5.41) is 15.1. The number of carbonyl (C=O) groups is 3. The Balaban J connectivity index is 1.81. The maximum atomic E-state index is 13.0. The number of thiophene rings is 1. The van der Waals surface area contributed by atoms with Gasteiger partial charge in [0.05, 0.1) is 5.56 Å². The lowest BCUT2D eigenvalue weighted by atomic mass is 9.88. The number of rotatable bonds is 7. The lowest BCUT2D eigenvalue weighted by Crippen LogP contribution is -2.19. The second kappa shape index (κ2) is 9.01. The van der Waals surface area contributed by atoms with Gasteiger partial charge in [-0.3, -0.25) is 14.4 Å². The van der Waals surface area contributed by atoms with Gasteiger partial charge in [0.15, 0.2) is 0 Å². The molecule has 28 heavy (non-hydrogen) atoms. The van der Waals surface area contributed by atoms with Crippen LogP contribution in [0.25, 0.3) is 0 Å². The van der Waals surface area contributed by atoms with Crippen LogP contribution in [0.15, 0.2) is 30.3 Å². The van der Waals surface area contributed by atoms with Crippen LogP contribution in [0, 0.1) is 5.92 Å². The highest BCUT2D eigenvalue weighted by molar-refractivity contribution is 7.17. The number of hydrogen-bond acceptors (Lipinski definition) is 4. The molecular formula is C21H24N2O4S. The standard InChI is InChI=1S/C21H24N2O4S/c1-13-10-11-15-16(12-13)28-21(23-17(24)8-5-9-18(25)26)19(15)20(27)22-14-6-3-2-4-7-14/h2-4,6-7,13H,5,8-12H2,1H3,(H,22,27)(H,23,24)(H,25,26)/t13-/m1/s1. The third kappa shape index (κ3) is 4.98. The van der Waals surface area contributed by atoms with Crippen molar-refractivity contribution in [2.24, 2.45) is 5.92 Å². The number of benzene rings is 1. The zero-order valence-corrected chi connectivity index (χ0v) is 16.6. The molecule has 1 aromatic heterocycles. The van der Waals surface area contributed by atoms with E-state index in [2.05, 4.69) is 17.6 Å². The van der Waals surface area contributed by atoms with Crippen LogP contribution in [0.2, 0.25) is 0 Å². The van der Waals surface area contributed by atoms with Crippen molar-refractivity contribution >= 4 is 39.8 Å². The van der Waals surface area contributed by atoms with Crippen LogP contribution < -0.4 is 10.6 Å². The van der Waals surface area contributed by atoms with E-state index in [0.29, 0.717) is 22.2 Å². The Hall–Kier alpha value is -2.67. The fraction of sp³-hybridized carbons (Fsp3) is 0.381. The molecule has 1 aliphatic carbocycles. The number of amides is 2. The monoisotopic (exact) mass is 400 g/mol. The molecule has 1 aliphatic rings. The first-order chi connectivity index (χ1) is 13.4. The van der Waals surface area contributed by atoms with E-state index in [1.54, 1.807) is 0 Å². The maximum Gasteiger partial charge on any atom is 0.303 e. The highest BCUT2D eigenvalue weighted by Gasteiger charge is 2.28. The molecule has 2 aromatic rings. The van der Waals surface area contributed by atoms with Crippen molar-refractivity contribution in [3.05, 3.63) is 46.3 Å². The minimum atomic E-state index is -0.920. The van der Waals surface area contributed by atoms with Crippen molar-refractivity contribution in [3.63, 3.8) is 0 Å². The van der Waals surface area contributed by atoms with Crippen molar-refractivity contribution in [1.29, 1.82) is 0 Å². The summed E-state index contributed by atoms with van der Waals surface area (Å²) in [7, 11) is 0. The van der Waals surface area contributed by atoms with Gasteiger partial charge in [0.2, 0.25) is 5.91 Å². The third-order valence-electron chi connectivity index (χ3n) is 4.82. The lowest BCUT2D eigenvalue weighted by molar-refractivity contribution is -0.137. The van der Waals surface area contributed by atoms with Gasteiger partial charge >= 0.3 is 5.97 Å². The Morgan fingerprint density at radius 2 is 1.89 bits per heavy atom. The third-order valence-corrected chi connectivity index (χ3v) is 5.99. The van der Waals surface area contributed by atoms with E-state index in [1.165, 1.54) is 11.3 Å². The van der Waals surface area contributed by atoms with Gasteiger partial charge in [-0.05, 0) is 49.3 Å². The minimum Gasteiger partial charge on any atom is -0.481 e. The van der Waals surface area contributed by atoms with E-state index < -0.39 is 5.97 Å². The highest BCUT2D eigenvalue weighted by atomic mass is 32.1. The molecule has 2 amide bonds. The molecule has 1 heterocycles. The second-order valence-corrected chi connectivity index (χ2v) is 8.28. The van der Waals surface area contributed by atoms with Crippen molar-refractivity contribution in [3.8, 4) is 0 Å². The molecule has 0 fully saturated rings. The molecule has 7 heteroatoms. The molecule has 6 nitrogen and oxygen atoms in total. The van der Waals surface area contributed by atoms with Crippen LogP contribution in [0.4, 0.5) is 10.7 Å². The van der Waals surface area contributed by atoms with Crippen molar-refractivity contribution < 1.29 is 19.5 Å². The van der Waals surface area contributed by atoms with E-state index in [1.807, 2.05) is 30.3 Å². The van der Waals surface area contributed by atoms with Crippen LogP contribution in [-0.2, 0) is 22.4 Å². The van der Waals surface area contributed by atoms with Crippen LogP contribution in [0.3, 0.4) is 0 Å². The smallest absolute Gasteiger partial charge is 0.303 e. The van der Waals surface area contributed by atoms with Crippen molar-refractivity contribution in [2.75, 3.05) is 10.6 Å². The van der Waals surface area contributed by atoms with E-state index in [4.69, 9.17) is 5.11 Å². The summed E-state index contributed by atoms with van der Waals surface area (Å²) in [5.74, 6) is -0.854. The summed E-state index contributed by atoms with van der Waals surface area (Å²) in [4.78, 5) is 37.1. The zero-order chi connectivity index (χ0) is 20.1. The Morgan fingerprint density at radius 1 is 1.14 bits per heavy atom. The van der Waals surface area contributed by atoms with Crippen LogP contribution in [0.5, 0.6) is 0 Å². The Labute approximate surface area is 168 Å². The van der Waals surface area contributed by atoms with Crippen molar-refractivity contribution in [2.45, 2.75) is 45.4 Å². The number of fused-ring (bicyclic) bond motifs is 1. The summed E-state index contributed by atoms with van der Waals surface area (Å²) >= 11 is 1.46. The molecular weight excluding hydrogens is 376 g/mol. The van der Waals surface area contributed by atoms with Gasteiger partial charge < -0.3 is 15.7 Å². The van der Waals surface area contributed by atoms with Gasteiger partial charge in [0.25, 0.3) is 5.91 Å². The fourth-order valence-electron chi connectivity index (χ4n) is 3.38. The van der Waals surface area contributed by atoms with E-state index in [9.17, 15) is 14.4 Å². The highest BCUT2D eigenvalue weighted by Crippen LogP contribution is 2.40. The van der Waals surface area contributed by atoms with Gasteiger partial charge in [0, 0.05) is 23.4 Å². The SMILES string of the molecule is C[C@@H]1CCc2c(sc(NC(=O)CCCC(=O)O)c2C(=O)Nc2ccccc2)C1. The lowest BCUT2D eigenvalue weighted by Gasteiger charge is -2.18. The van der Waals surface area contributed by atoms with Crippen LogP contribution in [0.1, 0.15) is 53.4 Å². The predicted octanol–water partition coefficient (Wildman–Crippen LogP) is 4.32. The summed E-state index contributed by atoms with van der Waals surface area (Å²) in [6.45, 7) is 2.19. The van der Waals surface area contributed by atoms with Gasteiger partial charge in [-0.25, -0.2) is 0 Å². The Kier molecular flexibility index (Phi) is 6.46. The Morgan fingerprint density at radius 3 is 2.61 bits per heavy atom. The summed E-state index contributed by atoms with van der Waals surface area (Å²) in [6.07, 6.45) is 3.08. The average Bonchev–Trinajstić information content (AvgIpc) is 2.98. The second-order valence-electron chi connectivity index (χ2n) is 7.17. The molecule has 148 valence electrons. The zero-order valence-electron chi connectivity index (χ0n) is 15.8. The average molecular weight is 401 g/mol. The molecule has 3 N–H and O–H groups in total. The number of nitrogens with one attached hydrogen (secondary N) is 2. The fourth-order valence-corrected chi connectivity index (χ4v) is 4.81. The van der Waals surface area contributed by atoms with Crippen LogP contribution in [-0.4, -0.2) is 22.9 Å². The van der Waals surface area contributed by atoms with E-state index in [-0.39, 0.29) is 31.1 Å². The number of carbonyl (C=O) groups excluding carboxylic acids is 2. The summed E-state index contributed by atoms with van der Waals surface area (Å²) in [6, 6.07) is 9.23. The number of aliphatic carboxylic acids is 1. The first kappa shape index (κ1) is 20.1. The molecule has 1 atom stereocenters. The summed E-state index contributed by atoms with van der Waals surface area (Å²) < 4.78 is 0. The van der Waals surface area contributed by atoms with Gasteiger partial charge in [-0.1, -0.05) is 25.1 Å².